The number of rotatable bonds is 12. The Bertz CT molecular complexity index is 504. The van der Waals surface area contributed by atoms with Gasteiger partial charge in [0, 0.05) is 0 Å². The quantitative estimate of drug-likeness (QED) is 0.190. The van der Waals surface area contributed by atoms with Gasteiger partial charge in [-0.3, -0.25) is 0 Å². The second-order valence-electron chi connectivity index (χ2n) is 5.29. The molecule has 0 saturated heterocycles. The Morgan fingerprint density at radius 2 is 1.27 bits per heavy atom. The fraction of sp³-hybridized carbons (Fsp3) is 0.714. The van der Waals surface area contributed by atoms with Crippen LogP contribution in [0.5, 0.6) is 0 Å². The highest BCUT2D eigenvalue weighted by molar-refractivity contribution is 5.85. The molecule has 0 saturated carbocycles. The zero-order valence-electron chi connectivity index (χ0n) is 13.8. The summed E-state index contributed by atoms with van der Waals surface area (Å²) in [6, 6.07) is 0. The van der Waals surface area contributed by atoms with Gasteiger partial charge in [-0.1, -0.05) is 13.3 Å². The highest BCUT2D eigenvalue weighted by Crippen LogP contribution is 2.10. The minimum atomic E-state index is -2.41. The van der Waals surface area contributed by atoms with Crippen LogP contribution in [-0.2, 0) is 28.7 Å². The Morgan fingerprint density at radius 1 is 0.808 bits per heavy atom. The van der Waals surface area contributed by atoms with Gasteiger partial charge in [0.05, 0.1) is 0 Å². The molecule has 0 bridgehead atoms. The van der Waals surface area contributed by atoms with Crippen molar-refractivity contribution >= 4 is 23.9 Å². The summed E-state index contributed by atoms with van der Waals surface area (Å²) in [5, 5.41) is 53.8. The normalized spacial score (nSPS) is 16.7. The number of unbranched alkanes of at least 4 members (excludes halogenated alkanes) is 1. The van der Waals surface area contributed by atoms with Gasteiger partial charge in [-0.2, -0.15) is 0 Å². The molecule has 0 aliphatic rings. The van der Waals surface area contributed by atoms with Crippen molar-refractivity contribution in [1.29, 1.82) is 0 Å². The lowest BCUT2D eigenvalue weighted by Gasteiger charge is -2.21. The average Bonchev–Trinajstić information content (AvgIpc) is 2.60. The Balaban J connectivity index is 4.79. The van der Waals surface area contributed by atoms with Gasteiger partial charge in [0.15, 0.2) is 24.4 Å². The standard InChI is InChI=1S/C14H22O12/c1-2-3-4-6(26-14(24)10(18)8(16)12(21)22)5-25-13(23)9(17)7(15)11(19)20/h6-10,15-18H,2-5H2,1H3,(H,19,20)(H,21,22). The summed E-state index contributed by atoms with van der Waals surface area (Å²) in [6.07, 6.45) is -9.47. The molecular formula is C14H22O12. The summed E-state index contributed by atoms with van der Waals surface area (Å²) in [6.45, 7) is 1.14. The number of hydrogen-bond acceptors (Lipinski definition) is 10. The molecule has 0 spiro atoms. The number of carbonyl (C=O) groups is 4. The molecule has 0 radical (unpaired) electrons. The largest absolute Gasteiger partial charge is 0.479 e. The van der Waals surface area contributed by atoms with E-state index < -0.39 is 61.0 Å². The number of aliphatic carboxylic acids is 2. The summed E-state index contributed by atoms with van der Waals surface area (Å²) in [5.74, 6) is -6.65. The number of hydrogen-bond donors (Lipinski definition) is 6. The van der Waals surface area contributed by atoms with E-state index in [4.69, 9.17) is 25.2 Å². The van der Waals surface area contributed by atoms with Crippen LogP contribution in [0.25, 0.3) is 0 Å². The summed E-state index contributed by atoms with van der Waals surface area (Å²) in [4.78, 5) is 44.1. The fourth-order valence-corrected chi connectivity index (χ4v) is 1.63. The maximum atomic E-state index is 11.6. The number of carboxylic acid groups (broad SMARTS) is 2. The molecule has 0 aliphatic heterocycles. The number of aliphatic hydroxyl groups is 4. The van der Waals surface area contributed by atoms with Crippen molar-refractivity contribution in [2.24, 2.45) is 0 Å². The molecule has 12 heteroatoms. The summed E-state index contributed by atoms with van der Waals surface area (Å²) in [7, 11) is 0. The molecule has 0 rings (SSSR count). The maximum absolute atomic E-state index is 11.6. The van der Waals surface area contributed by atoms with Crippen molar-refractivity contribution in [3.8, 4) is 0 Å². The molecule has 6 N–H and O–H groups in total. The molecule has 12 nitrogen and oxygen atoms in total. The van der Waals surface area contributed by atoms with Gasteiger partial charge in [0.2, 0.25) is 0 Å². The van der Waals surface area contributed by atoms with Crippen molar-refractivity contribution < 1.29 is 59.3 Å². The Labute approximate surface area is 147 Å². The van der Waals surface area contributed by atoms with Gasteiger partial charge in [-0.25, -0.2) is 19.2 Å². The summed E-state index contributed by atoms with van der Waals surface area (Å²) in [5.41, 5.74) is 0. The van der Waals surface area contributed by atoms with E-state index in [1.165, 1.54) is 0 Å². The topological polar surface area (TPSA) is 208 Å². The van der Waals surface area contributed by atoms with Crippen LogP contribution in [0.15, 0.2) is 0 Å². The molecule has 0 amide bonds. The number of carbonyl (C=O) groups excluding carboxylic acids is 2. The van der Waals surface area contributed by atoms with E-state index in [2.05, 4.69) is 4.74 Å². The second kappa shape index (κ2) is 11.4. The first-order valence-electron chi connectivity index (χ1n) is 7.57. The molecule has 5 unspecified atom stereocenters. The van der Waals surface area contributed by atoms with Crippen molar-refractivity contribution in [3.63, 3.8) is 0 Å². The lowest BCUT2D eigenvalue weighted by molar-refractivity contribution is -0.181. The first kappa shape index (κ1) is 23.7. The third-order valence-corrected chi connectivity index (χ3v) is 3.16. The number of carboxylic acids is 2. The zero-order chi connectivity index (χ0) is 20.4. The van der Waals surface area contributed by atoms with Crippen molar-refractivity contribution in [2.75, 3.05) is 6.61 Å². The van der Waals surface area contributed by atoms with Gasteiger partial charge in [-0.15, -0.1) is 0 Å². The van der Waals surface area contributed by atoms with Gasteiger partial charge >= 0.3 is 23.9 Å². The highest BCUT2D eigenvalue weighted by Gasteiger charge is 2.34. The van der Waals surface area contributed by atoms with E-state index in [9.17, 15) is 29.4 Å². The zero-order valence-corrected chi connectivity index (χ0v) is 13.8. The van der Waals surface area contributed by atoms with Gasteiger partial charge < -0.3 is 40.1 Å². The minimum absolute atomic E-state index is 0.128. The first-order chi connectivity index (χ1) is 12.0. The molecule has 5 atom stereocenters. The SMILES string of the molecule is CCCCC(COC(=O)C(O)C(O)C(=O)O)OC(=O)C(O)C(O)C(=O)O. The van der Waals surface area contributed by atoms with Gasteiger partial charge in [0.25, 0.3) is 0 Å². The molecule has 0 fully saturated rings. The lowest BCUT2D eigenvalue weighted by atomic mass is 10.1. The average molecular weight is 382 g/mol. The van der Waals surface area contributed by atoms with Crippen LogP contribution in [0.3, 0.4) is 0 Å². The molecule has 0 aromatic carbocycles. The van der Waals surface area contributed by atoms with Crippen molar-refractivity contribution in [1.82, 2.24) is 0 Å². The maximum Gasteiger partial charge on any atom is 0.338 e. The van der Waals surface area contributed by atoms with Crippen LogP contribution in [0.1, 0.15) is 26.2 Å². The highest BCUT2D eigenvalue weighted by atomic mass is 16.6. The van der Waals surface area contributed by atoms with Gasteiger partial charge in [0.1, 0.15) is 12.7 Å². The van der Waals surface area contributed by atoms with Crippen molar-refractivity contribution in [3.05, 3.63) is 0 Å². The van der Waals surface area contributed by atoms with Crippen LogP contribution in [0.4, 0.5) is 0 Å². The van der Waals surface area contributed by atoms with E-state index in [1.807, 2.05) is 0 Å². The minimum Gasteiger partial charge on any atom is -0.479 e. The Kier molecular flexibility index (Phi) is 10.4. The molecule has 0 aromatic rings. The molecule has 0 aliphatic carbocycles. The third kappa shape index (κ3) is 7.74. The molecule has 150 valence electrons. The number of esters is 2. The lowest BCUT2D eigenvalue weighted by Crippen LogP contribution is -2.43. The molecule has 26 heavy (non-hydrogen) atoms. The predicted molar refractivity (Wildman–Crippen MR) is 79.7 cm³/mol. The molecular weight excluding hydrogens is 360 g/mol. The van der Waals surface area contributed by atoms with E-state index in [0.29, 0.717) is 12.8 Å². The van der Waals surface area contributed by atoms with Crippen LogP contribution in [0, 0.1) is 0 Å². The van der Waals surface area contributed by atoms with Gasteiger partial charge in [-0.05, 0) is 12.8 Å². The summed E-state index contributed by atoms with van der Waals surface area (Å²) >= 11 is 0. The number of aliphatic hydroxyl groups excluding tert-OH is 4. The molecule has 0 heterocycles. The van der Waals surface area contributed by atoms with E-state index in [1.54, 1.807) is 6.92 Å². The number of ether oxygens (including phenoxy) is 2. The Morgan fingerprint density at radius 3 is 1.69 bits per heavy atom. The predicted octanol–water partition coefficient (Wildman–Crippen LogP) is -2.76. The molecule has 0 aromatic heterocycles. The second-order valence-corrected chi connectivity index (χ2v) is 5.29. The van der Waals surface area contributed by atoms with Crippen LogP contribution >= 0.6 is 0 Å². The van der Waals surface area contributed by atoms with Crippen LogP contribution < -0.4 is 0 Å². The summed E-state index contributed by atoms with van der Waals surface area (Å²) < 4.78 is 9.35. The fourth-order valence-electron chi connectivity index (χ4n) is 1.63. The van der Waals surface area contributed by atoms with E-state index in [-0.39, 0.29) is 6.42 Å². The van der Waals surface area contributed by atoms with Crippen LogP contribution in [0.2, 0.25) is 0 Å². The Hall–Kier alpha value is -2.28. The van der Waals surface area contributed by atoms with E-state index in [0.717, 1.165) is 0 Å². The van der Waals surface area contributed by atoms with Crippen molar-refractivity contribution in [2.45, 2.75) is 56.7 Å². The smallest absolute Gasteiger partial charge is 0.338 e. The van der Waals surface area contributed by atoms with E-state index >= 15 is 0 Å². The third-order valence-electron chi connectivity index (χ3n) is 3.16. The first-order valence-corrected chi connectivity index (χ1v) is 7.57. The monoisotopic (exact) mass is 382 g/mol. The van der Waals surface area contributed by atoms with Crippen LogP contribution in [-0.4, -0.2) is 91.6 Å².